The summed E-state index contributed by atoms with van der Waals surface area (Å²) in [5.41, 5.74) is 0. The zero-order valence-electron chi connectivity index (χ0n) is 4.78. The van der Waals surface area contributed by atoms with E-state index in [2.05, 4.69) is 11.8 Å². The van der Waals surface area contributed by atoms with Crippen LogP contribution < -0.4 is 0 Å². The van der Waals surface area contributed by atoms with Crippen LogP contribution in [0.4, 0.5) is 4.39 Å². The third kappa shape index (κ3) is 1.54. The molecule has 44 valence electrons. The summed E-state index contributed by atoms with van der Waals surface area (Å²) in [6.45, 7) is 0. The minimum atomic E-state index is -0.600. The summed E-state index contributed by atoms with van der Waals surface area (Å²) < 4.78 is 12.4. The fraction of sp³-hybridized carbons (Fsp3) is 0.714. The van der Waals surface area contributed by atoms with E-state index in [1.165, 1.54) is 0 Å². The van der Waals surface area contributed by atoms with Gasteiger partial charge in [0.05, 0.1) is 0 Å². The van der Waals surface area contributed by atoms with Crippen LogP contribution in [0.2, 0.25) is 0 Å². The van der Waals surface area contributed by atoms with E-state index in [-0.39, 0.29) is 0 Å². The van der Waals surface area contributed by atoms with Crippen molar-refractivity contribution in [1.82, 2.24) is 0 Å². The maximum Gasteiger partial charge on any atom is 0.102 e. The molecule has 0 bridgehead atoms. The predicted molar refractivity (Wildman–Crippen MR) is 31.1 cm³/mol. The first kappa shape index (κ1) is 5.62. The fourth-order valence-electron chi connectivity index (χ4n) is 0.779. The molecule has 0 spiro atoms. The van der Waals surface area contributed by atoms with Crippen LogP contribution in [0, 0.1) is 11.8 Å². The van der Waals surface area contributed by atoms with E-state index in [0.29, 0.717) is 12.8 Å². The van der Waals surface area contributed by atoms with Gasteiger partial charge in [-0.25, -0.2) is 4.39 Å². The summed E-state index contributed by atoms with van der Waals surface area (Å²) in [6, 6.07) is 0. The van der Waals surface area contributed by atoms with Gasteiger partial charge < -0.3 is 0 Å². The lowest BCUT2D eigenvalue weighted by atomic mass is 10.2. The maximum absolute atomic E-state index is 12.4. The van der Waals surface area contributed by atoms with Gasteiger partial charge >= 0.3 is 0 Å². The Morgan fingerprint density at radius 3 is 2.12 bits per heavy atom. The molecule has 0 fully saturated rings. The maximum atomic E-state index is 12.4. The van der Waals surface area contributed by atoms with Crippen LogP contribution in [0.15, 0.2) is 0 Å². The van der Waals surface area contributed by atoms with E-state index in [1.807, 2.05) is 0 Å². The van der Waals surface area contributed by atoms with Gasteiger partial charge in [0, 0.05) is 12.8 Å². The molecular weight excluding hydrogens is 103 g/mol. The minimum absolute atomic E-state index is 0.600. The molecule has 0 saturated carbocycles. The van der Waals surface area contributed by atoms with Crippen LogP contribution in [0.5, 0.6) is 0 Å². The molecule has 0 aromatic carbocycles. The van der Waals surface area contributed by atoms with E-state index in [0.717, 1.165) is 12.8 Å². The smallest absolute Gasteiger partial charge is 0.102 e. The number of hydrogen-bond acceptors (Lipinski definition) is 0. The molecule has 1 heteroatoms. The van der Waals surface area contributed by atoms with Crippen LogP contribution >= 0.6 is 0 Å². The second-order valence-electron chi connectivity index (χ2n) is 2.03. The molecule has 0 amide bonds. The molecule has 0 nitrogen and oxygen atoms in total. The molecule has 8 heavy (non-hydrogen) atoms. The van der Waals surface area contributed by atoms with Gasteiger partial charge in [-0.1, -0.05) is 0 Å². The lowest BCUT2D eigenvalue weighted by Gasteiger charge is -1.98. The van der Waals surface area contributed by atoms with E-state index >= 15 is 0 Å². The van der Waals surface area contributed by atoms with E-state index in [4.69, 9.17) is 0 Å². The number of alkyl halides is 1. The summed E-state index contributed by atoms with van der Waals surface area (Å²) in [7, 11) is 0. The molecule has 0 aromatic heterocycles. The molecule has 0 atom stereocenters. The number of halogens is 1. The van der Waals surface area contributed by atoms with Crippen molar-refractivity contribution < 1.29 is 4.39 Å². The Morgan fingerprint density at radius 2 is 1.62 bits per heavy atom. The topological polar surface area (TPSA) is 0 Å². The largest absolute Gasteiger partial charge is 0.247 e. The Labute approximate surface area is 49.1 Å². The van der Waals surface area contributed by atoms with Crippen LogP contribution in [-0.4, -0.2) is 6.17 Å². The zero-order chi connectivity index (χ0) is 5.82. The first-order valence-corrected chi connectivity index (χ1v) is 2.99. The SMILES string of the molecule is FC1CCC#CCC1. The molecule has 1 rings (SSSR count). The van der Waals surface area contributed by atoms with E-state index in [1.54, 1.807) is 0 Å². The standard InChI is InChI=1S/C7H9F/c8-7-5-3-1-2-4-6-7/h7H,3-6H2. The highest BCUT2D eigenvalue weighted by Crippen LogP contribution is 2.10. The molecule has 0 unspecified atom stereocenters. The lowest BCUT2D eigenvalue weighted by molar-refractivity contribution is 0.305. The summed E-state index contributed by atoms with van der Waals surface area (Å²) in [5, 5.41) is 0. The van der Waals surface area contributed by atoms with Crippen LogP contribution in [-0.2, 0) is 0 Å². The normalized spacial score (nSPS) is 21.1. The Bertz CT molecular complexity index is 106. The van der Waals surface area contributed by atoms with E-state index < -0.39 is 6.17 Å². The van der Waals surface area contributed by atoms with Crippen LogP contribution in [0.25, 0.3) is 0 Å². The molecule has 0 radical (unpaired) electrons. The van der Waals surface area contributed by atoms with Crippen molar-refractivity contribution in [2.75, 3.05) is 0 Å². The molecule has 0 saturated heterocycles. The summed E-state index contributed by atoms with van der Waals surface area (Å²) in [5.74, 6) is 5.78. The van der Waals surface area contributed by atoms with Gasteiger partial charge in [-0.05, 0) is 12.8 Å². The molecule has 1 aliphatic carbocycles. The molecular formula is C7H9F. The summed E-state index contributed by atoms with van der Waals surface area (Å²) >= 11 is 0. The van der Waals surface area contributed by atoms with Gasteiger partial charge in [0.15, 0.2) is 0 Å². The van der Waals surface area contributed by atoms with Gasteiger partial charge in [-0.15, -0.1) is 11.8 Å². The van der Waals surface area contributed by atoms with Crippen molar-refractivity contribution in [3.8, 4) is 11.8 Å². The van der Waals surface area contributed by atoms with E-state index in [9.17, 15) is 4.39 Å². The average Bonchev–Trinajstić information content (AvgIpc) is 1.94. The van der Waals surface area contributed by atoms with Gasteiger partial charge in [-0.3, -0.25) is 0 Å². The monoisotopic (exact) mass is 112 g/mol. The third-order valence-electron chi connectivity index (χ3n) is 1.29. The second-order valence-corrected chi connectivity index (χ2v) is 2.03. The number of rotatable bonds is 0. The highest BCUT2D eigenvalue weighted by molar-refractivity contribution is 5.01. The predicted octanol–water partition coefficient (Wildman–Crippen LogP) is 1.90. The average molecular weight is 112 g/mol. The summed E-state index contributed by atoms with van der Waals surface area (Å²) in [4.78, 5) is 0. The molecule has 0 N–H and O–H groups in total. The Balaban J connectivity index is 2.32. The highest BCUT2D eigenvalue weighted by Gasteiger charge is 2.04. The Hall–Kier alpha value is -0.510. The van der Waals surface area contributed by atoms with Crippen molar-refractivity contribution in [2.45, 2.75) is 31.9 Å². The summed E-state index contributed by atoms with van der Waals surface area (Å²) in [6.07, 6.45) is 2.19. The van der Waals surface area contributed by atoms with Crippen molar-refractivity contribution in [3.63, 3.8) is 0 Å². The first-order valence-electron chi connectivity index (χ1n) is 2.99. The highest BCUT2D eigenvalue weighted by atomic mass is 19.1. The molecule has 1 aliphatic rings. The van der Waals surface area contributed by atoms with Gasteiger partial charge in [0.2, 0.25) is 0 Å². The zero-order valence-corrected chi connectivity index (χ0v) is 4.78. The van der Waals surface area contributed by atoms with Crippen LogP contribution in [0.1, 0.15) is 25.7 Å². The fourth-order valence-corrected chi connectivity index (χ4v) is 0.779. The second kappa shape index (κ2) is 2.71. The van der Waals surface area contributed by atoms with Crippen molar-refractivity contribution in [2.24, 2.45) is 0 Å². The van der Waals surface area contributed by atoms with Gasteiger partial charge in [0.1, 0.15) is 6.17 Å². The Morgan fingerprint density at radius 1 is 1.12 bits per heavy atom. The third-order valence-corrected chi connectivity index (χ3v) is 1.29. The van der Waals surface area contributed by atoms with Crippen molar-refractivity contribution in [3.05, 3.63) is 0 Å². The van der Waals surface area contributed by atoms with Crippen molar-refractivity contribution >= 4 is 0 Å². The number of hydrogen-bond donors (Lipinski definition) is 0. The quantitative estimate of drug-likeness (QED) is 0.420. The van der Waals surface area contributed by atoms with Gasteiger partial charge in [-0.2, -0.15) is 0 Å². The van der Waals surface area contributed by atoms with Crippen LogP contribution in [0.3, 0.4) is 0 Å². The molecule has 0 aliphatic heterocycles. The Kier molecular flexibility index (Phi) is 1.91. The van der Waals surface area contributed by atoms with Crippen molar-refractivity contribution in [1.29, 1.82) is 0 Å². The minimum Gasteiger partial charge on any atom is -0.247 e. The van der Waals surface area contributed by atoms with Gasteiger partial charge in [0.25, 0.3) is 0 Å². The molecule has 0 aromatic rings. The lowest BCUT2D eigenvalue weighted by Crippen LogP contribution is -1.95. The first-order chi connectivity index (χ1) is 3.89. The molecule has 0 heterocycles.